The smallest absolute Gasteiger partial charge is 0.176 e. The van der Waals surface area contributed by atoms with Gasteiger partial charge in [0.1, 0.15) is 5.08 Å². The Balaban J connectivity index is 2.17. The highest BCUT2D eigenvalue weighted by Crippen LogP contribution is 2.19. The molecule has 0 N–H and O–H groups in total. The summed E-state index contributed by atoms with van der Waals surface area (Å²) in [5.74, 6) is 0. The van der Waals surface area contributed by atoms with Gasteiger partial charge in [-0.1, -0.05) is 22.9 Å². The van der Waals surface area contributed by atoms with Crippen LogP contribution in [0.3, 0.4) is 0 Å². The fraction of sp³-hybridized carbons (Fsp3) is 1.00. The Morgan fingerprint density at radius 1 is 1.67 bits per heavy atom. The lowest BCUT2D eigenvalue weighted by molar-refractivity contribution is 0.204. The van der Waals surface area contributed by atoms with E-state index in [1.54, 1.807) is 0 Å². The van der Waals surface area contributed by atoms with E-state index in [4.69, 9.17) is 0 Å². The molecule has 1 aliphatic rings. The van der Waals surface area contributed by atoms with Gasteiger partial charge in [-0.25, -0.2) is 0 Å². The normalized spacial score (nSPS) is 33.0. The van der Waals surface area contributed by atoms with Gasteiger partial charge in [0.25, 0.3) is 0 Å². The molecule has 0 radical (unpaired) electrons. The third-order valence-electron chi connectivity index (χ3n) is 1.58. The summed E-state index contributed by atoms with van der Waals surface area (Å²) in [6.07, 6.45) is 1.28. The molecule has 0 spiro atoms. The highest BCUT2D eigenvalue weighted by molar-refractivity contribution is 9.09. The molecule has 0 saturated carbocycles. The molecular weight excluding hydrogens is 196 g/mol. The summed E-state index contributed by atoms with van der Waals surface area (Å²) < 4.78 is 4.93. The molecule has 0 aromatic carbocycles. The van der Waals surface area contributed by atoms with Crippen LogP contribution in [0.5, 0.6) is 0 Å². The summed E-state index contributed by atoms with van der Waals surface area (Å²) in [6, 6.07) is 0. The molecule has 0 aliphatic carbocycles. The summed E-state index contributed by atoms with van der Waals surface area (Å²) in [5.41, 5.74) is 0. The van der Waals surface area contributed by atoms with E-state index in [1.807, 2.05) is 0 Å². The molecule has 2 nitrogen and oxygen atoms in total. The third kappa shape index (κ3) is 1.55. The first-order valence-corrected chi connectivity index (χ1v) is 5.52. The largest absolute Gasteiger partial charge is 0.296 e. The number of hydrogen-bond acceptors (Lipinski definition) is 2. The topological polar surface area (TPSA) is 6.48 Å². The maximum Gasteiger partial charge on any atom is 0.176 e. The SMILES string of the molecule is CCCN1[SiH2]N(C)C1Br. The van der Waals surface area contributed by atoms with E-state index in [-0.39, 0.29) is 9.84 Å². The molecule has 1 aliphatic heterocycles. The van der Waals surface area contributed by atoms with Crippen molar-refractivity contribution in [3.8, 4) is 0 Å². The number of alkyl halides is 1. The molecule has 4 heteroatoms. The summed E-state index contributed by atoms with van der Waals surface area (Å²) in [7, 11) is 2.18. The van der Waals surface area contributed by atoms with Crippen molar-refractivity contribution in [3.05, 3.63) is 0 Å². The van der Waals surface area contributed by atoms with Crippen molar-refractivity contribution in [1.82, 2.24) is 9.13 Å². The van der Waals surface area contributed by atoms with E-state index in [0.29, 0.717) is 5.08 Å². The zero-order chi connectivity index (χ0) is 6.85. The average molecular weight is 209 g/mol. The van der Waals surface area contributed by atoms with Crippen LogP contribution in [0.4, 0.5) is 0 Å². The van der Waals surface area contributed by atoms with Gasteiger partial charge in [-0.15, -0.1) is 0 Å². The van der Waals surface area contributed by atoms with E-state index < -0.39 is 0 Å². The Kier molecular flexibility index (Phi) is 2.69. The molecule has 9 heavy (non-hydrogen) atoms. The van der Waals surface area contributed by atoms with Crippen LogP contribution in [-0.4, -0.2) is 37.6 Å². The van der Waals surface area contributed by atoms with Crippen LogP contribution in [0, 0.1) is 0 Å². The summed E-state index contributed by atoms with van der Waals surface area (Å²) in [5, 5.41) is 0.559. The van der Waals surface area contributed by atoms with E-state index in [2.05, 4.69) is 39.0 Å². The van der Waals surface area contributed by atoms with E-state index in [1.165, 1.54) is 13.0 Å². The Hall–Kier alpha value is 0.617. The van der Waals surface area contributed by atoms with Gasteiger partial charge in [0.05, 0.1) is 0 Å². The van der Waals surface area contributed by atoms with Crippen molar-refractivity contribution >= 4 is 25.8 Å². The zero-order valence-electron chi connectivity index (χ0n) is 5.97. The average Bonchev–Trinajstić information content (AvgIpc) is 1.88. The zero-order valence-corrected chi connectivity index (χ0v) is 8.97. The Bertz CT molecular complexity index is 99.0. The predicted octanol–water partition coefficient (Wildman–Crippen LogP) is 0.321. The molecule has 1 atom stereocenters. The lowest BCUT2D eigenvalue weighted by Gasteiger charge is -2.45. The van der Waals surface area contributed by atoms with Gasteiger partial charge in [0, 0.05) is 0 Å². The van der Waals surface area contributed by atoms with Crippen molar-refractivity contribution in [2.75, 3.05) is 13.6 Å². The van der Waals surface area contributed by atoms with E-state index in [9.17, 15) is 0 Å². The van der Waals surface area contributed by atoms with Gasteiger partial charge in [-0.3, -0.25) is 9.13 Å². The second-order valence-electron chi connectivity index (χ2n) is 2.52. The van der Waals surface area contributed by atoms with Crippen molar-refractivity contribution in [1.29, 1.82) is 0 Å². The number of halogens is 1. The van der Waals surface area contributed by atoms with Gasteiger partial charge in [0.15, 0.2) is 9.84 Å². The first kappa shape index (κ1) is 7.72. The fourth-order valence-electron chi connectivity index (χ4n) is 1.07. The van der Waals surface area contributed by atoms with Crippen molar-refractivity contribution < 1.29 is 0 Å². The van der Waals surface area contributed by atoms with E-state index in [0.717, 1.165) is 0 Å². The van der Waals surface area contributed by atoms with Crippen molar-refractivity contribution in [2.24, 2.45) is 0 Å². The first-order chi connectivity index (χ1) is 4.25. The Labute approximate surface area is 67.3 Å². The summed E-state index contributed by atoms with van der Waals surface area (Å²) in [6.45, 7) is 3.50. The van der Waals surface area contributed by atoms with Gasteiger partial charge in [-0.2, -0.15) is 0 Å². The van der Waals surface area contributed by atoms with Crippen LogP contribution in [-0.2, 0) is 0 Å². The van der Waals surface area contributed by atoms with Gasteiger partial charge < -0.3 is 0 Å². The highest BCUT2D eigenvalue weighted by atomic mass is 79.9. The molecular formula is C5H13BrN2Si. The van der Waals surface area contributed by atoms with Crippen LogP contribution in [0.15, 0.2) is 0 Å². The number of nitrogens with zero attached hydrogens (tertiary/aromatic N) is 2. The maximum atomic E-state index is 3.58. The standard InChI is InChI=1S/C5H13BrN2Si/c1-3-4-8-5(6)7(2)9-8/h5H,3-4,9H2,1-2H3. The van der Waals surface area contributed by atoms with Crippen LogP contribution >= 0.6 is 15.9 Å². The second kappa shape index (κ2) is 3.14. The molecule has 1 rings (SSSR count). The molecule has 1 saturated heterocycles. The van der Waals surface area contributed by atoms with E-state index >= 15 is 0 Å². The van der Waals surface area contributed by atoms with Gasteiger partial charge in [-0.05, 0) is 20.0 Å². The molecule has 0 bridgehead atoms. The lowest BCUT2D eigenvalue weighted by Crippen LogP contribution is -2.61. The van der Waals surface area contributed by atoms with Crippen molar-refractivity contribution in [2.45, 2.75) is 18.4 Å². The lowest BCUT2D eigenvalue weighted by atomic mass is 10.5. The second-order valence-corrected chi connectivity index (χ2v) is 5.43. The van der Waals surface area contributed by atoms with Crippen molar-refractivity contribution in [3.63, 3.8) is 0 Å². The number of rotatable bonds is 2. The minimum absolute atomic E-state index is 0.00465. The predicted molar refractivity (Wildman–Crippen MR) is 46.0 cm³/mol. The van der Waals surface area contributed by atoms with Crippen LogP contribution in [0.25, 0.3) is 0 Å². The first-order valence-electron chi connectivity index (χ1n) is 3.34. The fourth-order valence-corrected chi connectivity index (χ4v) is 3.55. The Morgan fingerprint density at radius 2 is 2.33 bits per heavy atom. The molecule has 54 valence electrons. The number of hydrogen-bond donors (Lipinski definition) is 0. The molecule has 1 unspecified atom stereocenters. The Morgan fingerprint density at radius 3 is 2.67 bits per heavy atom. The van der Waals surface area contributed by atoms with Gasteiger partial charge >= 0.3 is 0 Å². The third-order valence-corrected chi connectivity index (χ3v) is 5.75. The molecule has 1 fully saturated rings. The maximum absolute atomic E-state index is 3.58. The summed E-state index contributed by atoms with van der Waals surface area (Å²) in [4.78, 5) is 0. The summed E-state index contributed by atoms with van der Waals surface area (Å²) >= 11 is 3.58. The highest BCUT2D eigenvalue weighted by Gasteiger charge is 2.29. The van der Waals surface area contributed by atoms with Gasteiger partial charge in [0.2, 0.25) is 0 Å². The minimum Gasteiger partial charge on any atom is -0.296 e. The molecule has 0 aromatic rings. The quantitative estimate of drug-likeness (QED) is 0.367. The monoisotopic (exact) mass is 208 g/mol. The molecule has 0 amide bonds. The van der Waals surface area contributed by atoms with Crippen LogP contribution in [0.2, 0.25) is 0 Å². The van der Waals surface area contributed by atoms with Crippen LogP contribution < -0.4 is 0 Å². The minimum atomic E-state index is 0.00465. The molecule has 1 heterocycles. The molecule has 0 aromatic heterocycles. The van der Waals surface area contributed by atoms with Crippen LogP contribution in [0.1, 0.15) is 13.3 Å².